The van der Waals surface area contributed by atoms with Gasteiger partial charge in [-0.2, -0.15) is 10.2 Å². The first kappa shape index (κ1) is 18.2. The van der Waals surface area contributed by atoms with Gasteiger partial charge in [0.15, 0.2) is 0 Å². The van der Waals surface area contributed by atoms with Gasteiger partial charge in [-0.05, 0) is 36.4 Å². The fraction of sp³-hybridized carbons (Fsp3) is 0.250. The van der Waals surface area contributed by atoms with Crippen LogP contribution in [0.3, 0.4) is 0 Å². The number of nitro groups is 1. The fourth-order valence-corrected chi connectivity index (χ4v) is 2.47. The van der Waals surface area contributed by atoms with Gasteiger partial charge < -0.3 is 4.90 Å². The van der Waals surface area contributed by atoms with Gasteiger partial charge in [-0.15, -0.1) is 23.2 Å². The first-order valence-corrected chi connectivity index (χ1v) is 8.34. The van der Waals surface area contributed by atoms with Crippen molar-refractivity contribution in [3.8, 4) is 0 Å². The molecule has 24 heavy (non-hydrogen) atoms. The number of anilines is 1. The standard InChI is InChI=1S/C16H16Cl2N4O2/c17-9-11-21(12-10-18)15-5-1-13(2-6-15)19-20-14-3-7-16(8-4-14)22(23)24/h1-8H,9-12H2/b20-19+. The number of hydrogen-bond acceptors (Lipinski definition) is 5. The van der Waals surface area contributed by atoms with Crippen LogP contribution >= 0.6 is 23.2 Å². The molecule has 126 valence electrons. The Hall–Kier alpha value is -2.18. The maximum atomic E-state index is 10.6. The average molecular weight is 367 g/mol. The van der Waals surface area contributed by atoms with Gasteiger partial charge in [-0.3, -0.25) is 10.1 Å². The summed E-state index contributed by atoms with van der Waals surface area (Å²) >= 11 is 11.6. The predicted octanol–water partition coefficient (Wildman–Crippen LogP) is 5.29. The molecule has 0 aromatic heterocycles. The number of azo groups is 1. The highest BCUT2D eigenvalue weighted by Crippen LogP contribution is 2.23. The highest BCUT2D eigenvalue weighted by Gasteiger charge is 2.05. The van der Waals surface area contributed by atoms with Crippen molar-refractivity contribution in [3.05, 3.63) is 58.6 Å². The molecule has 0 fully saturated rings. The minimum atomic E-state index is -0.451. The SMILES string of the molecule is O=[N+]([O-])c1ccc(/N=N/c2ccc(N(CCCl)CCCl)cc2)cc1. The summed E-state index contributed by atoms with van der Waals surface area (Å²) in [5.74, 6) is 1.05. The van der Waals surface area contributed by atoms with E-state index in [1.54, 1.807) is 12.1 Å². The zero-order valence-electron chi connectivity index (χ0n) is 12.8. The lowest BCUT2D eigenvalue weighted by Crippen LogP contribution is -2.27. The summed E-state index contributed by atoms with van der Waals surface area (Å²) in [6.45, 7) is 1.44. The van der Waals surface area contributed by atoms with Crippen molar-refractivity contribution in [2.75, 3.05) is 29.7 Å². The highest BCUT2D eigenvalue weighted by atomic mass is 35.5. The first-order chi connectivity index (χ1) is 11.6. The minimum absolute atomic E-state index is 0.0250. The van der Waals surface area contributed by atoms with Crippen molar-refractivity contribution < 1.29 is 4.92 Å². The molecule has 0 heterocycles. The number of nitro benzene ring substituents is 1. The molecule has 0 amide bonds. The van der Waals surface area contributed by atoms with E-state index in [2.05, 4.69) is 15.1 Å². The third-order valence-electron chi connectivity index (χ3n) is 3.27. The van der Waals surface area contributed by atoms with Crippen molar-refractivity contribution in [2.45, 2.75) is 0 Å². The van der Waals surface area contributed by atoms with Crippen LogP contribution < -0.4 is 4.90 Å². The second-order valence-corrected chi connectivity index (χ2v) is 5.61. The van der Waals surface area contributed by atoms with Crippen LogP contribution in [0, 0.1) is 10.1 Å². The van der Waals surface area contributed by atoms with Crippen LogP contribution in [0.15, 0.2) is 58.8 Å². The van der Waals surface area contributed by atoms with Crippen molar-refractivity contribution >= 4 is 46.0 Å². The van der Waals surface area contributed by atoms with E-state index in [0.717, 1.165) is 18.8 Å². The molecular weight excluding hydrogens is 351 g/mol. The molecule has 0 atom stereocenters. The number of alkyl halides is 2. The van der Waals surface area contributed by atoms with E-state index in [9.17, 15) is 10.1 Å². The van der Waals surface area contributed by atoms with Gasteiger partial charge >= 0.3 is 0 Å². The second kappa shape index (κ2) is 9.20. The molecule has 0 N–H and O–H groups in total. The number of halogens is 2. The number of nitrogens with zero attached hydrogens (tertiary/aromatic N) is 4. The lowest BCUT2D eigenvalue weighted by molar-refractivity contribution is -0.384. The highest BCUT2D eigenvalue weighted by molar-refractivity contribution is 6.18. The number of non-ortho nitro benzene ring substituents is 1. The molecule has 0 spiro atoms. The molecule has 0 aliphatic heterocycles. The van der Waals surface area contributed by atoms with Crippen LogP contribution in [0.2, 0.25) is 0 Å². The minimum Gasteiger partial charge on any atom is -0.369 e. The van der Waals surface area contributed by atoms with Crippen LogP contribution in [-0.2, 0) is 0 Å². The lowest BCUT2D eigenvalue weighted by Gasteiger charge is -2.22. The van der Waals surface area contributed by atoms with Crippen molar-refractivity contribution in [1.29, 1.82) is 0 Å². The molecule has 0 radical (unpaired) electrons. The van der Waals surface area contributed by atoms with Crippen LogP contribution in [-0.4, -0.2) is 29.8 Å². The van der Waals surface area contributed by atoms with Crippen LogP contribution in [0.25, 0.3) is 0 Å². The van der Waals surface area contributed by atoms with E-state index < -0.39 is 4.92 Å². The Balaban J connectivity index is 2.06. The molecule has 2 rings (SSSR count). The van der Waals surface area contributed by atoms with Gasteiger partial charge in [0.2, 0.25) is 0 Å². The maximum Gasteiger partial charge on any atom is 0.269 e. The van der Waals surface area contributed by atoms with E-state index in [4.69, 9.17) is 23.2 Å². The van der Waals surface area contributed by atoms with Gasteiger partial charge in [-0.1, -0.05) is 0 Å². The molecule has 0 saturated carbocycles. The topological polar surface area (TPSA) is 71.1 Å². The molecule has 2 aromatic rings. The largest absolute Gasteiger partial charge is 0.369 e. The zero-order valence-corrected chi connectivity index (χ0v) is 14.3. The van der Waals surface area contributed by atoms with E-state index in [0.29, 0.717) is 23.1 Å². The van der Waals surface area contributed by atoms with E-state index >= 15 is 0 Å². The number of rotatable bonds is 8. The summed E-state index contributed by atoms with van der Waals surface area (Å²) in [7, 11) is 0. The molecule has 0 saturated heterocycles. The second-order valence-electron chi connectivity index (χ2n) is 4.85. The molecule has 0 bridgehead atoms. The van der Waals surface area contributed by atoms with Crippen LogP contribution in [0.5, 0.6) is 0 Å². The van der Waals surface area contributed by atoms with E-state index in [1.165, 1.54) is 12.1 Å². The molecule has 2 aromatic carbocycles. The van der Waals surface area contributed by atoms with Crippen molar-refractivity contribution in [2.24, 2.45) is 10.2 Å². The number of benzene rings is 2. The molecule has 0 aliphatic carbocycles. The van der Waals surface area contributed by atoms with Crippen LogP contribution in [0.4, 0.5) is 22.7 Å². The summed E-state index contributed by atoms with van der Waals surface area (Å²) in [6, 6.07) is 13.5. The monoisotopic (exact) mass is 366 g/mol. The lowest BCUT2D eigenvalue weighted by atomic mass is 10.2. The van der Waals surface area contributed by atoms with Gasteiger partial charge in [0, 0.05) is 42.7 Å². The molecule has 8 heteroatoms. The molecular formula is C16H16Cl2N4O2. The molecule has 0 aliphatic rings. The Labute approximate surface area is 149 Å². The van der Waals surface area contributed by atoms with Gasteiger partial charge in [0.25, 0.3) is 5.69 Å². The first-order valence-electron chi connectivity index (χ1n) is 7.27. The van der Waals surface area contributed by atoms with E-state index in [-0.39, 0.29) is 5.69 Å². The molecule has 0 unspecified atom stereocenters. The Morgan fingerprint density at radius 1 is 0.875 bits per heavy atom. The van der Waals surface area contributed by atoms with Crippen molar-refractivity contribution in [3.63, 3.8) is 0 Å². The summed E-state index contributed by atoms with van der Waals surface area (Å²) in [6.07, 6.45) is 0. The van der Waals surface area contributed by atoms with Crippen LogP contribution in [0.1, 0.15) is 0 Å². The number of hydrogen-bond donors (Lipinski definition) is 0. The Morgan fingerprint density at radius 2 is 1.33 bits per heavy atom. The Morgan fingerprint density at radius 3 is 1.75 bits per heavy atom. The van der Waals surface area contributed by atoms with Gasteiger partial charge in [0.1, 0.15) is 0 Å². The zero-order chi connectivity index (χ0) is 17.4. The smallest absolute Gasteiger partial charge is 0.269 e. The Kier molecular flexibility index (Phi) is 6.96. The quantitative estimate of drug-likeness (QED) is 0.275. The Bertz CT molecular complexity index is 684. The summed E-state index contributed by atoms with van der Waals surface area (Å²) in [5, 5.41) is 18.8. The predicted molar refractivity (Wildman–Crippen MR) is 97.4 cm³/mol. The normalized spacial score (nSPS) is 10.9. The molecule has 6 nitrogen and oxygen atoms in total. The van der Waals surface area contributed by atoms with Crippen molar-refractivity contribution in [1.82, 2.24) is 0 Å². The third kappa shape index (κ3) is 5.18. The summed E-state index contributed by atoms with van der Waals surface area (Å²) < 4.78 is 0. The van der Waals surface area contributed by atoms with Gasteiger partial charge in [0.05, 0.1) is 16.3 Å². The van der Waals surface area contributed by atoms with Gasteiger partial charge in [-0.25, -0.2) is 0 Å². The summed E-state index contributed by atoms with van der Waals surface area (Å²) in [5.41, 5.74) is 2.28. The fourth-order valence-electron chi connectivity index (χ4n) is 2.06. The third-order valence-corrected chi connectivity index (χ3v) is 3.60. The summed E-state index contributed by atoms with van der Waals surface area (Å²) in [4.78, 5) is 12.2. The maximum absolute atomic E-state index is 10.6. The average Bonchev–Trinajstić information content (AvgIpc) is 2.60. The van der Waals surface area contributed by atoms with E-state index in [1.807, 2.05) is 24.3 Å².